The predicted octanol–water partition coefficient (Wildman–Crippen LogP) is 0.719. The molecule has 7 N–H and O–H groups in total. The summed E-state index contributed by atoms with van der Waals surface area (Å²) in [5.41, 5.74) is -1.01. The molecule has 0 spiro atoms. The van der Waals surface area contributed by atoms with Crippen molar-refractivity contribution in [2.75, 3.05) is 26.9 Å². The van der Waals surface area contributed by atoms with Gasteiger partial charge in [0.25, 0.3) is 5.56 Å². The number of carbonyl (C=O) groups is 3. The number of phosphoric ester groups is 1. The Balaban J connectivity index is 1.90. The summed E-state index contributed by atoms with van der Waals surface area (Å²) in [6.07, 6.45) is -0.218. The van der Waals surface area contributed by atoms with Gasteiger partial charge < -0.3 is 40.5 Å². The van der Waals surface area contributed by atoms with E-state index in [1.165, 1.54) is 6.20 Å². The van der Waals surface area contributed by atoms with Crippen LogP contribution in [0.5, 0.6) is 0 Å². The SMILES string of the molecule is CCCC(NC(=O)O)C(NC(=O)OCC)C(=O)NCCCCCCc1cn([C@@H]2C[C@H](OP(=O)(O)OC)[C@H](CO)O2)c(=O)[nH]c1=O. The Morgan fingerprint density at radius 2 is 1.89 bits per heavy atom. The van der Waals surface area contributed by atoms with E-state index in [1.54, 1.807) is 6.92 Å². The molecule has 0 bridgehead atoms. The van der Waals surface area contributed by atoms with Crippen LogP contribution in [0.25, 0.3) is 0 Å². The van der Waals surface area contributed by atoms with E-state index >= 15 is 0 Å². The number of carboxylic acid groups (broad SMARTS) is 1. The second-order valence-corrected chi connectivity index (χ2v) is 11.8. The molecule has 2 heterocycles. The number of aliphatic hydroxyl groups excluding tert-OH is 1. The molecule has 19 heteroatoms. The molecule has 3 amide bonds. The van der Waals surface area contributed by atoms with E-state index in [0.29, 0.717) is 50.5 Å². The lowest BCUT2D eigenvalue weighted by Gasteiger charge is -2.26. The lowest BCUT2D eigenvalue weighted by atomic mass is 10.0. The topological polar surface area (TPSA) is 257 Å². The van der Waals surface area contributed by atoms with Crippen molar-refractivity contribution >= 4 is 25.9 Å². The van der Waals surface area contributed by atoms with Crippen molar-refractivity contribution in [3.8, 4) is 0 Å². The van der Waals surface area contributed by atoms with Crippen molar-refractivity contribution in [3.63, 3.8) is 0 Å². The number of alkyl carbamates (subject to hydrolysis) is 1. The Morgan fingerprint density at radius 1 is 1.18 bits per heavy atom. The molecule has 3 unspecified atom stereocenters. The number of rotatable bonds is 19. The van der Waals surface area contributed by atoms with Gasteiger partial charge in [-0.15, -0.1) is 0 Å². The fourth-order valence-corrected chi connectivity index (χ4v) is 5.49. The Morgan fingerprint density at radius 3 is 2.51 bits per heavy atom. The molecule has 0 saturated carbocycles. The first-order valence-electron chi connectivity index (χ1n) is 14.7. The summed E-state index contributed by atoms with van der Waals surface area (Å²) in [5, 5.41) is 26.2. The molecule has 0 aliphatic carbocycles. The van der Waals surface area contributed by atoms with Crippen molar-refractivity contribution in [3.05, 3.63) is 32.6 Å². The molecule has 0 radical (unpaired) electrons. The van der Waals surface area contributed by atoms with Gasteiger partial charge in [0.15, 0.2) is 0 Å². The Hall–Kier alpha value is -3.28. The third-order valence-electron chi connectivity index (χ3n) is 7.03. The van der Waals surface area contributed by atoms with Gasteiger partial charge in [0.05, 0.1) is 19.3 Å². The maximum absolute atomic E-state index is 12.9. The van der Waals surface area contributed by atoms with Crippen LogP contribution in [0.1, 0.15) is 70.6 Å². The second-order valence-electron chi connectivity index (χ2n) is 10.3. The summed E-state index contributed by atoms with van der Waals surface area (Å²) < 4.78 is 32.9. The number of unbranched alkanes of at least 4 members (excludes halogenated alkanes) is 3. The molecule has 45 heavy (non-hydrogen) atoms. The van der Waals surface area contributed by atoms with Crippen molar-refractivity contribution in [1.82, 2.24) is 25.5 Å². The van der Waals surface area contributed by atoms with Crippen LogP contribution in [0.4, 0.5) is 9.59 Å². The van der Waals surface area contributed by atoms with Gasteiger partial charge in [0, 0.05) is 31.8 Å². The number of nitrogens with one attached hydrogen (secondary N) is 4. The number of H-pyrrole nitrogens is 1. The van der Waals surface area contributed by atoms with Crippen LogP contribution in [-0.2, 0) is 34.3 Å². The first-order chi connectivity index (χ1) is 21.3. The number of aryl methyl sites for hydroxylation is 1. The van der Waals surface area contributed by atoms with Gasteiger partial charge in [-0.05, 0) is 32.6 Å². The van der Waals surface area contributed by atoms with E-state index in [4.69, 9.17) is 19.1 Å². The molecule has 6 atom stereocenters. The van der Waals surface area contributed by atoms with Crippen LogP contribution in [0, 0.1) is 0 Å². The molecular formula is C26H44N5O13P. The van der Waals surface area contributed by atoms with E-state index in [2.05, 4.69) is 25.5 Å². The van der Waals surface area contributed by atoms with Crippen LogP contribution in [0.2, 0.25) is 0 Å². The second kappa shape index (κ2) is 18.6. The number of carbonyl (C=O) groups excluding carboxylic acids is 2. The molecule has 0 aromatic carbocycles. The largest absolute Gasteiger partial charge is 0.472 e. The molecule has 18 nitrogen and oxygen atoms in total. The molecule has 1 aromatic rings. The fourth-order valence-electron chi connectivity index (χ4n) is 4.84. The van der Waals surface area contributed by atoms with E-state index in [9.17, 15) is 38.5 Å². The highest BCUT2D eigenvalue weighted by molar-refractivity contribution is 7.47. The maximum atomic E-state index is 12.9. The monoisotopic (exact) mass is 665 g/mol. The highest BCUT2D eigenvalue weighted by atomic mass is 31.2. The molecule has 1 aliphatic rings. The lowest BCUT2D eigenvalue weighted by Crippen LogP contribution is -2.58. The van der Waals surface area contributed by atoms with Crippen molar-refractivity contribution in [2.24, 2.45) is 0 Å². The first kappa shape index (κ1) is 37.9. The quantitative estimate of drug-likeness (QED) is 0.0795. The fraction of sp³-hybridized carbons (Fsp3) is 0.731. The molecule has 1 fully saturated rings. The number of nitrogens with zero attached hydrogens (tertiary/aromatic N) is 1. The zero-order chi connectivity index (χ0) is 33.6. The van der Waals surface area contributed by atoms with Gasteiger partial charge in [0.2, 0.25) is 5.91 Å². The lowest BCUT2D eigenvalue weighted by molar-refractivity contribution is -0.123. The molecule has 256 valence electrons. The van der Waals surface area contributed by atoms with Crippen LogP contribution >= 0.6 is 7.82 Å². The minimum absolute atomic E-state index is 0.0576. The highest BCUT2D eigenvalue weighted by Gasteiger charge is 2.41. The molecule has 1 aliphatic heterocycles. The summed E-state index contributed by atoms with van der Waals surface area (Å²) in [6.45, 7) is 3.21. The maximum Gasteiger partial charge on any atom is 0.472 e. The molecular weight excluding hydrogens is 621 g/mol. The number of aromatic nitrogens is 2. The number of hydrogen-bond acceptors (Lipinski definition) is 11. The summed E-state index contributed by atoms with van der Waals surface area (Å²) in [7, 11) is -3.39. The van der Waals surface area contributed by atoms with E-state index in [1.807, 2.05) is 6.92 Å². The van der Waals surface area contributed by atoms with Gasteiger partial charge in [0.1, 0.15) is 24.5 Å². The van der Waals surface area contributed by atoms with Crippen molar-refractivity contribution in [2.45, 2.75) is 95.7 Å². The van der Waals surface area contributed by atoms with Crippen LogP contribution in [0.3, 0.4) is 0 Å². The smallest absolute Gasteiger partial charge is 0.465 e. The van der Waals surface area contributed by atoms with Crippen molar-refractivity contribution < 1.29 is 52.6 Å². The van der Waals surface area contributed by atoms with Crippen molar-refractivity contribution in [1.29, 1.82) is 0 Å². The number of aliphatic hydroxyl groups is 1. The van der Waals surface area contributed by atoms with Gasteiger partial charge in [-0.3, -0.25) is 28.2 Å². The number of hydrogen-bond donors (Lipinski definition) is 7. The van der Waals surface area contributed by atoms with E-state index < -0.39 is 74.3 Å². The third kappa shape index (κ3) is 12.2. The van der Waals surface area contributed by atoms with E-state index in [-0.39, 0.29) is 19.6 Å². The molecule has 1 aromatic heterocycles. The zero-order valence-corrected chi connectivity index (χ0v) is 26.5. The Kier molecular flexibility index (Phi) is 15.7. The summed E-state index contributed by atoms with van der Waals surface area (Å²) >= 11 is 0. The van der Waals surface area contributed by atoms with Gasteiger partial charge in [-0.1, -0.05) is 26.2 Å². The van der Waals surface area contributed by atoms with Gasteiger partial charge in [-0.2, -0.15) is 0 Å². The number of amides is 3. The van der Waals surface area contributed by atoms with Crippen LogP contribution in [0.15, 0.2) is 15.8 Å². The average Bonchev–Trinajstić information content (AvgIpc) is 3.37. The molecule has 1 saturated heterocycles. The summed E-state index contributed by atoms with van der Waals surface area (Å²) in [4.78, 5) is 72.9. The Bertz CT molecular complexity index is 1290. The highest BCUT2D eigenvalue weighted by Crippen LogP contribution is 2.47. The third-order valence-corrected chi connectivity index (χ3v) is 8.02. The van der Waals surface area contributed by atoms with Crippen LogP contribution in [-0.4, -0.2) is 93.9 Å². The number of phosphoric acid groups is 1. The minimum Gasteiger partial charge on any atom is -0.465 e. The summed E-state index contributed by atoms with van der Waals surface area (Å²) in [5.74, 6) is -0.557. The molecule has 2 rings (SSSR count). The van der Waals surface area contributed by atoms with Gasteiger partial charge >= 0.3 is 25.7 Å². The normalized spacial score (nSPS) is 20.5. The number of ether oxygens (including phenoxy) is 2. The standard InChI is InChI=1S/C26H44N5O13P/c1-4-10-17(28-25(36)37)21(29-26(38)42-5-2)23(34)27-12-9-7-6-8-11-16-14-31(24(35)30-22(16)33)20-13-18(19(15-32)43-20)44-45(39,40)41-3/h14,17-21,28,32H,4-13,15H2,1-3H3,(H,27,34)(H,29,38)(H,36,37)(H,39,40)(H,30,33,35)/t17?,18-,19-,20-,21?/m0/s1. The average molecular weight is 666 g/mol. The van der Waals surface area contributed by atoms with Crippen LogP contribution < -0.4 is 27.2 Å². The predicted molar refractivity (Wildman–Crippen MR) is 158 cm³/mol. The van der Waals surface area contributed by atoms with E-state index in [0.717, 1.165) is 11.7 Å². The first-order valence-corrected chi connectivity index (χ1v) is 16.2. The van der Waals surface area contributed by atoms with Gasteiger partial charge in [-0.25, -0.2) is 18.9 Å². The zero-order valence-electron chi connectivity index (χ0n) is 25.6. The summed E-state index contributed by atoms with van der Waals surface area (Å²) in [6, 6.07) is -2.03. The Labute approximate surface area is 259 Å². The number of aromatic amines is 1. The minimum atomic E-state index is -4.38.